The second-order valence-corrected chi connectivity index (χ2v) is 5.63. The molecule has 25 heavy (non-hydrogen) atoms. The van der Waals surface area contributed by atoms with E-state index in [1.807, 2.05) is 37.4 Å². The molecule has 1 atom stereocenters. The highest BCUT2D eigenvalue weighted by atomic mass is 16.4. The van der Waals surface area contributed by atoms with Crippen molar-refractivity contribution in [2.45, 2.75) is 26.8 Å². The van der Waals surface area contributed by atoms with Crippen molar-refractivity contribution in [3.8, 4) is 0 Å². The Morgan fingerprint density at radius 3 is 2.32 bits per heavy atom. The van der Waals surface area contributed by atoms with E-state index in [2.05, 4.69) is 10.7 Å². The van der Waals surface area contributed by atoms with E-state index >= 15 is 0 Å². The van der Waals surface area contributed by atoms with Crippen molar-refractivity contribution in [3.63, 3.8) is 0 Å². The van der Waals surface area contributed by atoms with Crippen LogP contribution in [0.3, 0.4) is 0 Å². The van der Waals surface area contributed by atoms with Crippen molar-refractivity contribution < 1.29 is 19.5 Å². The highest BCUT2D eigenvalue weighted by Gasteiger charge is 2.18. The SMILES string of the molecule is Cc1cccc(C)c1NC(=O)c1cccn1NC(=O)C(C)NC(=O)O. The number of carbonyl (C=O) groups excluding carboxylic acids is 2. The summed E-state index contributed by atoms with van der Waals surface area (Å²) in [5.74, 6) is -0.971. The van der Waals surface area contributed by atoms with E-state index in [9.17, 15) is 14.4 Å². The zero-order chi connectivity index (χ0) is 18.6. The lowest BCUT2D eigenvalue weighted by Crippen LogP contribution is -2.43. The minimum absolute atomic E-state index is 0.221. The predicted octanol–water partition coefficient (Wildman–Crippen LogP) is 2.08. The minimum atomic E-state index is -1.30. The van der Waals surface area contributed by atoms with Gasteiger partial charge in [-0.3, -0.25) is 19.7 Å². The molecule has 8 heteroatoms. The summed E-state index contributed by atoms with van der Waals surface area (Å²) in [6, 6.07) is 7.88. The molecule has 0 bridgehead atoms. The molecule has 2 rings (SSSR count). The topological polar surface area (TPSA) is 112 Å². The standard InChI is InChI=1S/C17H20N4O4/c1-10-6-4-7-11(2)14(10)19-16(23)13-8-5-9-21(13)20-15(22)12(3)18-17(24)25/h4-9,12,18H,1-3H3,(H,19,23)(H,20,22)(H,24,25). The third kappa shape index (κ3) is 4.37. The first-order chi connectivity index (χ1) is 11.8. The van der Waals surface area contributed by atoms with Gasteiger partial charge < -0.3 is 15.7 Å². The second kappa shape index (κ2) is 7.52. The van der Waals surface area contributed by atoms with Crippen LogP contribution in [0.4, 0.5) is 10.5 Å². The van der Waals surface area contributed by atoms with E-state index in [0.717, 1.165) is 11.1 Å². The van der Waals surface area contributed by atoms with Gasteiger partial charge in [0.15, 0.2) is 0 Å². The van der Waals surface area contributed by atoms with E-state index in [0.29, 0.717) is 5.69 Å². The maximum Gasteiger partial charge on any atom is 0.405 e. The zero-order valence-corrected chi connectivity index (χ0v) is 14.2. The molecule has 1 unspecified atom stereocenters. The zero-order valence-electron chi connectivity index (χ0n) is 14.2. The quantitative estimate of drug-likeness (QED) is 0.665. The Morgan fingerprint density at radius 2 is 1.72 bits per heavy atom. The smallest absolute Gasteiger partial charge is 0.405 e. The van der Waals surface area contributed by atoms with Crippen molar-refractivity contribution in [3.05, 3.63) is 53.3 Å². The number of carboxylic acid groups (broad SMARTS) is 1. The van der Waals surface area contributed by atoms with Gasteiger partial charge in [0, 0.05) is 11.9 Å². The van der Waals surface area contributed by atoms with Crippen molar-refractivity contribution >= 4 is 23.6 Å². The fourth-order valence-corrected chi connectivity index (χ4v) is 2.32. The van der Waals surface area contributed by atoms with Gasteiger partial charge in [-0.1, -0.05) is 18.2 Å². The van der Waals surface area contributed by atoms with Crippen molar-refractivity contribution in [2.75, 3.05) is 10.7 Å². The van der Waals surface area contributed by atoms with Gasteiger partial charge in [-0.2, -0.15) is 0 Å². The molecule has 2 aromatic rings. The maximum atomic E-state index is 12.5. The molecule has 0 aliphatic carbocycles. The van der Waals surface area contributed by atoms with Gasteiger partial charge in [0.2, 0.25) is 0 Å². The average Bonchev–Trinajstić information content (AvgIpc) is 2.98. The number of anilines is 1. The molecule has 4 N–H and O–H groups in total. The molecule has 0 aliphatic rings. The molecular formula is C17H20N4O4. The van der Waals surface area contributed by atoms with E-state index < -0.39 is 18.0 Å². The second-order valence-electron chi connectivity index (χ2n) is 5.63. The molecule has 3 amide bonds. The Bertz CT molecular complexity index is 792. The van der Waals surface area contributed by atoms with Crippen molar-refractivity contribution in [1.82, 2.24) is 9.99 Å². The monoisotopic (exact) mass is 344 g/mol. The Balaban J connectivity index is 2.14. The maximum absolute atomic E-state index is 12.5. The van der Waals surface area contributed by atoms with E-state index in [1.165, 1.54) is 17.8 Å². The van der Waals surface area contributed by atoms with Gasteiger partial charge in [0.25, 0.3) is 11.8 Å². The van der Waals surface area contributed by atoms with Crippen LogP contribution in [0.25, 0.3) is 0 Å². The molecule has 0 radical (unpaired) electrons. The molecule has 0 fully saturated rings. The number of rotatable bonds is 5. The number of amides is 3. The van der Waals surface area contributed by atoms with Crippen LogP contribution in [0.5, 0.6) is 0 Å². The Labute approximate surface area is 144 Å². The van der Waals surface area contributed by atoms with Crippen LogP contribution in [-0.2, 0) is 4.79 Å². The molecule has 0 aliphatic heterocycles. The number of benzene rings is 1. The lowest BCUT2D eigenvalue weighted by atomic mass is 10.1. The van der Waals surface area contributed by atoms with Crippen molar-refractivity contribution in [1.29, 1.82) is 0 Å². The van der Waals surface area contributed by atoms with Crippen LogP contribution in [0.15, 0.2) is 36.5 Å². The number of para-hydroxylation sites is 1. The molecule has 1 heterocycles. The average molecular weight is 344 g/mol. The molecule has 0 saturated heterocycles. The minimum Gasteiger partial charge on any atom is -0.465 e. The number of hydrogen-bond acceptors (Lipinski definition) is 3. The Kier molecular flexibility index (Phi) is 5.43. The molecule has 0 saturated carbocycles. The highest BCUT2D eigenvalue weighted by Crippen LogP contribution is 2.20. The third-order valence-corrected chi connectivity index (χ3v) is 3.66. The van der Waals surface area contributed by atoms with Crippen LogP contribution in [0.2, 0.25) is 0 Å². The summed E-state index contributed by atoms with van der Waals surface area (Å²) in [5, 5.41) is 13.5. The number of aryl methyl sites for hydroxylation is 2. The summed E-state index contributed by atoms with van der Waals surface area (Å²) in [7, 11) is 0. The number of carbonyl (C=O) groups is 3. The van der Waals surface area contributed by atoms with Gasteiger partial charge in [0.05, 0.1) is 0 Å². The Morgan fingerprint density at radius 1 is 1.08 bits per heavy atom. The van der Waals surface area contributed by atoms with Gasteiger partial charge in [-0.15, -0.1) is 0 Å². The first kappa shape index (κ1) is 18.1. The first-order valence-corrected chi connectivity index (χ1v) is 7.65. The normalized spacial score (nSPS) is 11.5. The molecule has 1 aromatic heterocycles. The summed E-state index contributed by atoms with van der Waals surface area (Å²) in [6.45, 7) is 5.19. The van der Waals surface area contributed by atoms with Gasteiger partial charge in [0.1, 0.15) is 11.7 Å². The fraction of sp³-hybridized carbons (Fsp3) is 0.235. The van der Waals surface area contributed by atoms with E-state index in [-0.39, 0.29) is 11.6 Å². The van der Waals surface area contributed by atoms with Crippen LogP contribution in [-0.4, -0.2) is 33.7 Å². The van der Waals surface area contributed by atoms with Crippen LogP contribution >= 0.6 is 0 Å². The van der Waals surface area contributed by atoms with E-state index in [1.54, 1.807) is 12.1 Å². The summed E-state index contributed by atoms with van der Waals surface area (Å²) < 4.78 is 1.26. The van der Waals surface area contributed by atoms with E-state index in [4.69, 9.17) is 5.11 Å². The van der Waals surface area contributed by atoms with Crippen LogP contribution in [0.1, 0.15) is 28.5 Å². The number of hydrogen-bond donors (Lipinski definition) is 4. The number of nitrogens with one attached hydrogen (secondary N) is 3. The summed E-state index contributed by atoms with van der Waals surface area (Å²) in [4.78, 5) is 35.1. The van der Waals surface area contributed by atoms with Gasteiger partial charge in [-0.25, -0.2) is 4.79 Å². The Hall–Kier alpha value is -3.29. The molecule has 132 valence electrons. The molecule has 1 aromatic carbocycles. The predicted molar refractivity (Wildman–Crippen MR) is 93.3 cm³/mol. The third-order valence-electron chi connectivity index (χ3n) is 3.66. The first-order valence-electron chi connectivity index (χ1n) is 7.65. The van der Waals surface area contributed by atoms with Crippen LogP contribution < -0.4 is 16.1 Å². The fourth-order valence-electron chi connectivity index (χ4n) is 2.32. The van der Waals surface area contributed by atoms with Crippen molar-refractivity contribution in [2.24, 2.45) is 0 Å². The van der Waals surface area contributed by atoms with Crippen LogP contribution in [0, 0.1) is 13.8 Å². The molecule has 0 spiro atoms. The summed E-state index contributed by atoms with van der Waals surface area (Å²) in [6.07, 6.45) is 0.202. The largest absolute Gasteiger partial charge is 0.465 e. The lowest BCUT2D eigenvalue weighted by molar-refractivity contribution is -0.118. The molecule has 8 nitrogen and oxygen atoms in total. The van der Waals surface area contributed by atoms with Gasteiger partial charge >= 0.3 is 6.09 Å². The number of nitrogens with zero attached hydrogens (tertiary/aromatic N) is 1. The number of aromatic nitrogens is 1. The molecular weight excluding hydrogens is 324 g/mol. The lowest BCUT2D eigenvalue weighted by Gasteiger charge is -2.16. The summed E-state index contributed by atoms with van der Waals surface area (Å²) >= 11 is 0. The summed E-state index contributed by atoms with van der Waals surface area (Å²) in [5.41, 5.74) is 5.27. The van der Waals surface area contributed by atoms with Gasteiger partial charge in [-0.05, 0) is 44.0 Å². The highest BCUT2D eigenvalue weighted by molar-refractivity contribution is 6.04.